The summed E-state index contributed by atoms with van der Waals surface area (Å²) in [7, 11) is 0. The van der Waals surface area contributed by atoms with E-state index in [0.29, 0.717) is 42.8 Å². The maximum atomic E-state index is 12.2. The van der Waals surface area contributed by atoms with E-state index in [9.17, 15) is 9.59 Å². The number of nitrogens with one attached hydrogen (secondary N) is 1. The lowest BCUT2D eigenvalue weighted by molar-refractivity contribution is -0.119. The molecule has 0 aromatic heterocycles. The highest BCUT2D eigenvalue weighted by atomic mass is 16.6. The summed E-state index contributed by atoms with van der Waals surface area (Å²) in [5, 5.41) is 2.68. The Balaban J connectivity index is 1.24. The second kappa shape index (κ2) is 9.67. The van der Waals surface area contributed by atoms with Gasteiger partial charge in [-0.05, 0) is 48.0 Å². The molecule has 3 aromatic rings. The zero-order valence-electron chi connectivity index (χ0n) is 16.7. The van der Waals surface area contributed by atoms with E-state index < -0.39 is 18.5 Å². The van der Waals surface area contributed by atoms with Gasteiger partial charge in [-0.1, -0.05) is 30.3 Å². The molecule has 0 atom stereocenters. The van der Waals surface area contributed by atoms with Gasteiger partial charge in [-0.15, -0.1) is 0 Å². The van der Waals surface area contributed by atoms with Gasteiger partial charge in [0.15, 0.2) is 18.1 Å². The zero-order valence-corrected chi connectivity index (χ0v) is 16.7. The molecule has 31 heavy (non-hydrogen) atoms. The highest BCUT2D eigenvalue weighted by molar-refractivity contribution is 5.95. The van der Waals surface area contributed by atoms with Crippen molar-refractivity contribution in [3.05, 3.63) is 83.9 Å². The summed E-state index contributed by atoms with van der Waals surface area (Å²) in [6, 6.07) is 21.6. The first-order valence-corrected chi connectivity index (χ1v) is 9.81. The van der Waals surface area contributed by atoms with Crippen LogP contribution >= 0.6 is 0 Å². The van der Waals surface area contributed by atoms with Gasteiger partial charge < -0.3 is 24.3 Å². The van der Waals surface area contributed by atoms with Crippen LogP contribution in [0.15, 0.2) is 72.8 Å². The Morgan fingerprint density at radius 2 is 1.61 bits per heavy atom. The predicted molar refractivity (Wildman–Crippen MR) is 114 cm³/mol. The number of carbonyl (C=O) groups excluding carboxylic acids is 2. The topological polar surface area (TPSA) is 83.1 Å². The molecule has 1 aliphatic heterocycles. The Morgan fingerprint density at radius 1 is 0.871 bits per heavy atom. The SMILES string of the molecule is O=C(COC(=O)c1ccc2c(c1)OCCO2)Nc1ccc(OCc2ccccc2)cc1. The van der Waals surface area contributed by atoms with E-state index in [1.165, 1.54) is 0 Å². The van der Waals surface area contributed by atoms with Crippen molar-refractivity contribution in [1.29, 1.82) is 0 Å². The maximum absolute atomic E-state index is 12.2. The number of anilines is 1. The minimum absolute atomic E-state index is 0.289. The second-order valence-electron chi connectivity index (χ2n) is 6.78. The van der Waals surface area contributed by atoms with Crippen molar-refractivity contribution in [2.45, 2.75) is 6.61 Å². The van der Waals surface area contributed by atoms with Gasteiger partial charge in [0.1, 0.15) is 25.6 Å². The molecule has 0 radical (unpaired) electrons. The molecule has 1 amide bonds. The molecule has 7 nitrogen and oxygen atoms in total. The van der Waals surface area contributed by atoms with Crippen molar-refractivity contribution in [2.75, 3.05) is 25.1 Å². The molecular formula is C24H21NO6. The van der Waals surface area contributed by atoms with Crippen molar-refractivity contribution in [3.63, 3.8) is 0 Å². The Morgan fingerprint density at radius 3 is 2.39 bits per heavy atom. The number of amides is 1. The molecule has 1 N–H and O–H groups in total. The summed E-state index contributed by atoms with van der Waals surface area (Å²) in [5.41, 5.74) is 1.93. The van der Waals surface area contributed by atoms with Gasteiger partial charge in [0.2, 0.25) is 0 Å². The van der Waals surface area contributed by atoms with Crippen LogP contribution in [0, 0.1) is 0 Å². The van der Waals surface area contributed by atoms with E-state index in [-0.39, 0.29) is 5.56 Å². The number of hydrogen-bond donors (Lipinski definition) is 1. The lowest BCUT2D eigenvalue weighted by Gasteiger charge is -2.18. The normalized spacial score (nSPS) is 12.0. The van der Waals surface area contributed by atoms with Gasteiger partial charge in [0.25, 0.3) is 5.91 Å². The third-order valence-electron chi connectivity index (χ3n) is 4.50. The van der Waals surface area contributed by atoms with E-state index in [4.69, 9.17) is 18.9 Å². The van der Waals surface area contributed by atoms with Gasteiger partial charge in [0, 0.05) is 5.69 Å². The number of benzene rings is 3. The minimum atomic E-state index is -0.614. The highest BCUT2D eigenvalue weighted by Crippen LogP contribution is 2.30. The van der Waals surface area contributed by atoms with Crippen LogP contribution in [0.4, 0.5) is 5.69 Å². The molecule has 0 bridgehead atoms. The number of hydrogen-bond acceptors (Lipinski definition) is 6. The van der Waals surface area contributed by atoms with E-state index in [1.807, 2.05) is 30.3 Å². The van der Waals surface area contributed by atoms with E-state index in [2.05, 4.69) is 5.32 Å². The highest BCUT2D eigenvalue weighted by Gasteiger charge is 2.16. The van der Waals surface area contributed by atoms with E-state index in [0.717, 1.165) is 5.56 Å². The number of rotatable bonds is 7. The van der Waals surface area contributed by atoms with Crippen molar-refractivity contribution < 1.29 is 28.5 Å². The first kappa shape index (κ1) is 20.3. The average molecular weight is 419 g/mol. The van der Waals surface area contributed by atoms with Crippen LogP contribution in [-0.2, 0) is 16.1 Å². The van der Waals surface area contributed by atoms with Crippen molar-refractivity contribution >= 4 is 17.6 Å². The molecule has 158 valence electrons. The quantitative estimate of drug-likeness (QED) is 0.586. The smallest absolute Gasteiger partial charge is 0.338 e. The number of esters is 1. The third-order valence-corrected chi connectivity index (χ3v) is 4.50. The van der Waals surface area contributed by atoms with Gasteiger partial charge in [0.05, 0.1) is 5.56 Å². The van der Waals surface area contributed by atoms with Gasteiger partial charge in [-0.2, -0.15) is 0 Å². The first-order chi connectivity index (χ1) is 15.2. The molecule has 1 aliphatic rings. The first-order valence-electron chi connectivity index (χ1n) is 9.81. The van der Waals surface area contributed by atoms with Crippen LogP contribution in [0.3, 0.4) is 0 Å². The van der Waals surface area contributed by atoms with Gasteiger partial charge in [-0.25, -0.2) is 4.79 Å². The zero-order chi connectivity index (χ0) is 21.5. The van der Waals surface area contributed by atoms with Crippen molar-refractivity contribution in [1.82, 2.24) is 0 Å². The van der Waals surface area contributed by atoms with E-state index >= 15 is 0 Å². The lowest BCUT2D eigenvalue weighted by Crippen LogP contribution is -2.21. The Hall–Kier alpha value is -4.00. The molecule has 0 aliphatic carbocycles. The largest absolute Gasteiger partial charge is 0.489 e. The molecule has 0 saturated carbocycles. The molecule has 1 heterocycles. The fourth-order valence-electron chi connectivity index (χ4n) is 2.96. The average Bonchev–Trinajstić information content (AvgIpc) is 2.82. The summed E-state index contributed by atoms with van der Waals surface area (Å²) in [5.74, 6) is 0.698. The summed E-state index contributed by atoms with van der Waals surface area (Å²) in [6.07, 6.45) is 0. The summed E-state index contributed by atoms with van der Waals surface area (Å²) < 4.78 is 21.7. The van der Waals surface area contributed by atoms with Crippen LogP contribution in [0.1, 0.15) is 15.9 Å². The predicted octanol–water partition coefficient (Wildman–Crippen LogP) is 3.83. The van der Waals surface area contributed by atoms with Crippen LogP contribution in [0.5, 0.6) is 17.2 Å². The Kier molecular flexibility index (Phi) is 6.32. The fourth-order valence-corrected chi connectivity index (χ4v) is 2.96. The van der Waals surface area contributed by atoms with Crippen LogP contribution in [0.2, 0.25) is 0 Å². The number of carbonyl (C=O) groups is 2. The molecule has 0 spiro atoms. The fraction of sp³-hybridized carbons (Fsp3) is 0.167. The Bertz CT molecular complexity index is 1050. The van der Waals surface area contributed by atoms with Crippen LogP contribution in [-0.4, -0.2) is 31.7 Å². The third kappa shape index (κ3) is 5.54. The number of ether oxygens (including phenoxy) is 4. The molecular weight excluding hydrogens is 398 g/mol. The molecule has 4 rings (SSSR count). The summed E-state index contributed by atoms with van der Waals surface area (Å²) in [6.45, 7) is 0.947. The van der Waals surface area contributed by atoms with Crippen LogP contribution < -0.4 is 19.5 Å². The van der Waals surface area contributed by atoms with Crippen LogP contribution in [0.25, 0.3) is 0 Å². The monoisotopic (exact) mass is 419 g/mol. The molecule has 0 fully saturated rings. The molecule has 3 aromatic carbocycles. The second-order valence-corrected chi connectivity index (χ2v) is 6.78. The van der Waals surface area contributed by atoms with Crippen molar-refractivity contribution in [3.8, 4) is 17.2 Å². The molecule has 7 heteroatoms. The summed E-state index contributed by atoms with van der Waals surface area (Å²) in [4.78, 5) is 24.3. The maximum Gasteiger partial charge on any atom is 0.338 e. The molecule has 0 unspecified atom stereocenters. The van der Waals surface area contributed by atoms with E-state index in [1.54, 1.807) is 42.5 Å². The Labute approximate surface area is 179 Å². The lowest BCUT2D eigenvalue weighted by atomic mass is 10.2. The van der Waals surface area contributed by atoms with Gasteiger partial charge in [-0.3, -0.25) is 4.79 Å². The number of fused-ring (bicyclic) bond motifs is 1. The van der Waals surface area contributed by atoms with Gasteiger partial charge >= 0.3 is 5.97 Å². The minimum Gasteiger partial charge on any atom is -0.489 e. The molecule has 0 saturated heterocycles. The van der Waals surface area contributed by atoms with Crippen molar-refractivity contribution in [2.24, 2.45) is 0 Å². The summed E-state index contributed by atoms with van der Waals surface area (Å²) >= 11 is 0. The standard InChI is InChI=1S/C24H21NO6/c26-23(16-31-24(27)18-6-11-21-22(14-18)29-13-12-28-21)25-19-7-9-20(10-8-19)30-15-17-4-2-1-3-5-17/h1-11,14H,12-13,15-16H2,(H,25,26).